The van der Waals surface area contributed by atoms with Crippen molar-refractivity contribution in [1.82, 2.24) is 5.32 Å². The van der Waals surface area contributed by atoms with E-state index in [2.05, 4.69) is 42.0 Å². The van der Waals surface area contributed by atoms with Gasteiger partial charge in [-0.3, -0.25) is 0 Å². The fourth-order valence-electron chi connectivity index (χ4n) is 4.19. The lowest BCUT2D eigenvalue weighted by atomic mass is 9.96. The van der Waals surface area contributed by atoms with Crippen LogP contribution in [0.3, 0.4) is 0 Å². The highest BCUT2D eigenvalue weighted by Crippen LogP contribution is 2.62. The Morgan fingerprint density at radius 3 is 2.83 bits per heavy atom. The summed E-state index contributed by atoms with van der Waals surface area (Å²) in [5.41, 5.74) is 1.53. The van der Waals surface area contributed by atoms with Gasteiger partial charge < -0.3 is 5.32 Å². The van der Waals surface area contributed by atoms with Crippen LogP contribution >= 0.6 is 11.3 Å². The van der Waals surface area contributed by atoms with Crippen molar-refractivity contribution in [3.63, 3.8) is 0 Å². The third-order valence-corrected chi connectivity index (χ3v) is 5.99. The van der Waals surface area contributed by atoms with Gasteiger partial charge in [-0.05, 0) is 60.0 Å². The van der Waals surface area contributed by atoms with Crippen molar-refractivity contribution in [2.75, 3.05) is 7.05 Å². The molecule has 94 valence electrons. The molecule has 2 fully saturated rings. The Kier molecular flexibility index (Phi) is 2.49. The van der Waals surface area contributed by atoms with Crippen molar-refractivity contribution in [2.24, 2.45) is 17.8 Å². The molecule has 1 aromatic heterocycles. The van der Waals surface area contributed by atoms with Crippen LogP contribution in [0.5, 0.6) is 0 Å². The van der Waals surface area contributed by atoms with Crippen molar-refractivity contribution in [1.29, 1.82) is 0 Å². The smallest absolute Gasteiger partial charge is 0.0390 e. The summed E-state index contributed by atoms with van der Waals surface area (Å²) < 4.78 is 1.49. The normalized spacial score (nSPS) is 31.5. The molecule has 0 saturated heterocycles. The van der Waals surface area contributed by atoms with Gasteiger partial charge in [0.25, 0.3) is 0 Å². The van der Waals surface area contributed by atoms with E-state index in [1.165, 1.54) is 34.9 Å². The van der Waals surface area contributed by atoms with E-state index in [4.69, 9.17) is 0 Å². The Labute approximate surface area is 112 Å². The van der Waals surface area contributed by atoms with Crippen molar-refractivity contribution in [3.8, 4) is 0 Å². The molecule has 2 saturated carbocycles. The quantitative estimate of drug-likeness (QED) is 0.868. The highest BCUT2D eigenvalue weighted by atomic mass is 32.1. The van der Waals surface area contributed by atoms with Crippen LogP contribution in [-0.2, 0) is 0 Å². The summed E-state index contributed by atoms with van der Waals surface area (Å²) in [7, 11) is 2.13. The first-order chi connectivity index (χ1) is 8.90. The van der Waals surface area contributed by atoms with Gasteiger partial charge in [0.2, 0.25) is 0 Å². The minimum absolute atomic E-state index is 0.572. The molecule has 0 spiro atoms. The van der Waals surface area contributed by atoms with Crippen LogP contribution in [-0.4, -0.2) is 7.05 Å². The molecular formula is C16H19NS. The monoisotopic (exact) mass is 257 g/mol. The predicted molar refractivity (Wildman–Crippen MR) is 77.9 cm³/mol. The average Bonchev–Trinajstić information content (AvgIpc) is 2.84. The van der Waals surface area contributed by atoms with Gasteiger partial charge in [-0.1, -0.05) is 24.6 Å². The molecule has 2 aliphatic carbocycles. The van der Waals surface area contributed by atoms with E-state index in [9.17, 15) is 0 Å². The summed E-state index contributed by atoms with van der Waals surface area (Å²) >= 11 is 1.89. The lowest BCUT2D eigenvalue weighted by molar-refractivity contribution is 0.447. The zero-order chi connectivity index (χ0) is 12.1. The summed E-state index contributed by atoms with van der Waals surface area (Å²) in [5.74, 6) is 2.92. The van der Waals surface area contributed by atoms with E-state index in [1.807, 2.05) is 11.3 Å². The molecule has 1 nitrogen and oxygen atoms in total. The molecule has 0 amide bonds. The van der Waals surface area contributed by atoms with E-state index in [0.29, 0.717) is 6.04 Å². The first-order valence-electron chi connectivity index (χ1n) is 7.03. The highest BCUT2D eigenvalue weighted by Gasteiger charge is 2.55. The second-order valence-corrected chi connectivity index (χ2v) is 6.70. The third-order valence-electron chi connectivity index (χ3n) is 5.01. The van der Waals surface area contributed by atoms with E-state index in [-0.39, 0.29) is 0 Å². The van der Waals surface area contributed by atoms with Gasteiger partial charge in [-0.15, -0.1) is 11.3 Å². The van der Waals surface area contributed by atoms with Crippen LogP contribution in [0.25, 0.3) is 10.1 Å². The van der Waals surface area contributed by atoms with Gasteiger partial charge in [-0.25, -0.2) is 0 Å². The van der Waals surface area contributed by atoms with Gasteiger partial charge in [0.1, 0.15) is 0 Å². The lowest BCUT2D eigenvalue weighted by Crippen LogP contribution is -2.20. The molecule has 0 radical (unpaired) electrons. The molecule has 2 aromatic rings. The maximum absolute atomic E-state index is 3.60. The molecular weight excluding hydrogens is 238 g/mol. The van der Waals surface area contributed by atoms with Gasteiger partial charge >= 0.3 is 0 Å². The Hall–Kier alpha value is -0.860. The highest BCUT2D eigenvalue weighted by molar-refractivity contribution is 7.17. The molecule has 3 atom stereocenters. The van der Waals surface area contributed by atoms with Crippen LogP contribution < -0.4 is 5.32 Å². The first-order valence-corrected chi connectivity index (χ1v) is 7.91. The Morgan fingerprint density at radius 2 is 2.06 bits per heavy atom. The molecule has 1 N–H and O–H groups in total. The molecule has 2 heteroatoms. The van der Waals surface area contributed by atoms with Crippen LogP contribution in [0, 0.1) is 17.8 Å². The van der Waals surface area contributed by atoms with Crippen LogP contribution in [0.2, 0.25) is 0 Å². The third kappa shape index (κ3) is 1.49. The fourth-order valence-corrected chi connectivity index (χ4v) is 5.14. The van der Waals surface area contributed by atoms with Crippen molar-refractivity contribution < 1.29 is 0 Å². The number of nitrogens with one attached hydrogen (secondary N) is 1. The number of fused-ring (bicyclic) bond motifs is 2. The standard InChI is InChI=1S/C16H19NS/c1-17-15(14-11-5-3-6-12(11)14)13-7-2-4-10-8-9-18-16(10)13/h2,4,7-9,11-12,14-15,17H,3,5-6H2,1H3. The minimum Gasteiger partial charge on any atom is -0.313 e. The number of rotatable bonds is 3. The molecule has 3 unspecified atom stereocenters. The number of hydrogen-bond donors (Lipinski definition) is 1. The van der Waals surface area contributed by atoms with Crippen molar-refractivity contribution in [3.05, 3.63) is 35.2 Å². The Bertz CT molecular complexity index is 563. The number of thiophene rings is 1. The van der Waals surface area contributed by atoms with E-state index >= 15 is 0 Å². The average molecular weight is 257 g/mol. The zero-order valence-electron chi connectivity index (χ0n) is 10.7. The van der Waals surface area contributed by atoms with E-state index < -0.39 is 0 Å². The molecule has 4 rings (SSSR count). The molecule has 2 aliphatic rings. The molecule has 1 heterocycles. The molecule has 0 bridgehead atoms. The topological polar surface area (TPSA) is 12.0 Å². The number of hydrogen-bond acceptors (Lipinski definition) is 2. The molecule has 1 aromatic carbocycles. The maximum atomic E-state index is 3.60. The summed E-state index contributed by atoms with van der Waals surface area (Å²) in [4.78, 5) is 0. The second-order valence-electron chi connectivity index (χ2n) is 5.79. The summed E-state index contributed by atoms with van der Waals surface area (Å²) in [6, 6.07) is 9.59. The number of benzene rings is 1. The predicted octanol–water partition coefficient (Wildman–Crippen LogP) is 4.21. The summed E-state index contributed by atoms with van der Waals surface area (Å²) in [5, 5.41) is 7.22. The van der Waals surface area contributed by atoms with Gasteiger partial charge in [-0.2, -0.15) is 0 Å². The van der Waals surface area contributed by atoms with Crippen LogP contribution in [0.15, 0.2) is 29.6 Å². The second kappa shape index (κ2) is 4.07. The molecule has 18 heavy (non-hydrogen) atoms. The lowest BCUT2D eigenvalue weighted by Gasteiger charge is -2.19. The van der Waals surface area contributed by atoms with Crippen LogP contribution in [0.1, 0.15) is 30.9 Å². The maximum Gasteiger partial charge on any atom is 0.0390 e. The van der Waals surface area contributed by atoms with Crippen LogP contribution in [0.4, 0.5) is 0 Å². The van der Waals surface area contributed by atoms with Gasteiger partial charge in [0.15, 0.2) is 0 Å². The van der Waals surface area contributed by atoms with Crippen molar-refractivity contribution >= 4 is 21.4 Å². The van der Waals surface area contributed by atoms with Crippen molar-refractivity contribution in [2.45, 2.75) is 25.3 Å². The summed E-state index contributed by atoms with van der Waals surface area (Å²) in [6.07, 6.45) is 4.40. The van der Waals surface area contributed by atoms with Gasteiger partial charge in [0, 0.05) is 10.7 Å². The Balaban J connectivity index is 1.74. The summed E-state index contributed by atoms with van der Waals surface area (Å²) in [6.45, 7) is 0. The zero-order valence-corrected chi connectivity index (χ0v) is 11.5. The van der Waals surface area contributed by atoms with Gasteiger partial charge in [0.05, 0.1) is 0 Å². The minimum atomic E-state index is 0.572. The largest absolute Gasteiger partial charge is 0.313 e. The van der Waals surface area contributed by atoms with E-state index in [0.717, 1.165) is 17.8 Å². The van der Waals surface area contributed by atoms with E-state index in [1.54, 1.807) is 0 Å². The molecule has 0 aliphatic heterocycles. The SMILES string of the molecule is CNC(c1cccc2ccsc12)C1C2CCCC21. The first kappa shape index (κ1) is 11.0. The fraction of sp³-hybridized carbons (Fsp3) is 0.500. The Morgan fingerprint density at radius 1 is 1.22 bits per heavy atom.